The van der Waals surface area contributed by atoms with E-state index in [-0.39, 0.29) is 0 Å². The molecular weight excluding hydrogens is 298 g/mol. The summed E-state index contributed by atoms with van der Waals surface area (Å²) >= 11 is 3.31. The van der Waals surface area contributed by atoms with Crippen LogP contribution in [-0.2, 0) is 4.74 Å². The topological polar surface area (TPSA) is 49.8 Å². The van der Waals surface area contributed by atoms with E-state index in [1.54, 1.807) is 6.07 Å². The Balaban J connectivity index is 2.17. The molecule has 0 aliphatic carbocycles. The van der Waals surface area contributed by atoms with Gasteiger partial charge in [0, 0.05) is 36.5 Å². The molecule has 18 heavy (non-hydrogen) atoms. The lowest BCUT2D eigenvalue weighted by Gasteiger charge is -2.33. The Bertz CT molecular complexity index is 444. The average Bonchev–Trinajstić information content (AvgIpc) is 2.38. The molecule has 1 aromatic carbocycles. The molecule has 0 bridgehead atoms. The highest BCUT2D eigenvalue weighted by Gasteiger charge is 2.19. The first-order chi connectivity index (χ1) is 8.59. The third-order valence-corrected chi connectivity index (χ3v) is 3.98. The van der Waals surface area contributed by atoms with Crippen molar-refractivity contribution >= 4 is 27.6 Å². The monoisotopic (exact) mass is 313 g/mol. The van der Waals surface area contributed by atoms with Crippen LogP contribution in [0.4, 0.5) is 5.69 Å². The first-order valence-electron chi connectivity index (χ1n) is 5.93. The van der Waals surface area contributed by atoms with Gasteiger partial charge in [-0.15, -0.1) is 0 Å². The smallest absolute Gasteiger partial charge is 0.336 e. The van der Waals surface area contributed by atoms with Gasteiger partial charge in [-0.2, -0.15) is 0 Å². The van der Waals surface area contributed by atoms with Crippen molar-refractivity contribution in [2.75, 3.05) is 25.2 Å². The summed E-state index contributed by atoms with van der Waals surface area (Å²) in [7, 11) is 2.04. The molecule has 0 atom stereocenters. The molecule has 0 saturated carbocycles. The first-order valence-corrected chi connectivity index (χ1v) is 6.72. The van der Waals surface area contributed by atoms with Gasteiger partial charge in [0.2, 0.25) is 0 Å². The van der Waals surface area contributed by atoms with Gasteiger partial charge >= 0.3 is 5.97 Å². The number of halogens is 1. The summed E-state index contributed by atoms with van der Waals surface area (Å²) in [6.07, 6.45) is 2.02. The number of carbonyl (C=O) groups is 1. The number of anilines is 1. The Morgan fingerprint density at radius 2 is 2.11 bits per heavy atom. The molecule has 2 rings (SSSR count). The van der Waals surface area contributed by atoms with Crippen LogP contribution in [-0.4, -0.2) is 37.4 Å². The Morgan fingerprint density at radius 3 is 2.67 bits per heavy atom. The summed E-state index contributed by atoms with van der Waals surface area (Å²) in [6.45, 7) is 1.59. The highest BCUT2D eigenvalue weighted by atomic mass is 79.9. The minimum absolute atomic E-state index is 0.291. The SMILES string of the molecule is CN(c1ccc(C(=O)O)c(Br)c1)C1CCOCC1. The lowest BCUT2D eigenvalue weighted by Crippen LogP contribution is -2.36. The van der Waals surface area contributed by atoms with E-state index in [4.69, 9.17) is 9.84 Å². The molecule has 1 aromatic rings. The zero-order valence-electron chi connectivity index (χ0n) is 10.2. The van der Waals surface area contributed by atoms with E-state index < -0.39 is 5.97 Å². The van der Waals surface area contributed by atoms with E-state index in [9.17, 15) is 4.79 Å². The van der Waals surface area contributed by atoms with Crippen LogP contribution >= 0.6 is 15.9 Å². The summed E-state index contributed by atoms with van der Waals surface area (Å²) in [5, 5.41) is 8.98. The van der Waals surface area contributed by atoms with Crippen LogP contribution in [0.1, 0.15) is 23.2 Å². The number of carboxylic acid groups (broad SMARTS) is 1. The van der Waals surface area contributed by atoms with Crippen LogP contribution in [0.3, 0.4) is 0 Å². The molecule has 0 aromatic heterocycles. The summed E-state index contributed by atoms with van der Waals surface area (Å²) in [4.78, 5) is 13.1. The molecular formula is C13H16BrNO3. The lowest BCUT2D eigenvalue weighted by molar-refractivity contribution is 0.0696. The highest BCUT2D eigenvalue weighted by molar-refractivity contribution is 9.10. The number of hydrogen-bond acceptors (Lipinski definition) is 3. The van der Waals surface area contributed by atoms with Gasteiger partial charge in [0.1, 0.15) is 0 Å². The number of carboxylic acids is 1. The number of aromatic carboxylic acids is 1. The van der Waals surface area contributed by atoms with E-state index in [0.717, 1.165) is 31.7 Å². The molecule has 1 N–H and O–H groups in total. The van der Waals surface area contributed by atoms with Crippen molar-refractivity contribution in [3.63, 3.8) is 0 Å². The predicted octanol–water partition coefficient (Wildman–Crippen LogP) is 2.76. The molecule has 4 nitrogen and oxygen atoms in total. The second-order valence-corrected chi connectivity index (χ2v) is 5.28. The fraction of sp³-hybridized carbons (Fsp3) is 0.462. The summed E-state index contributed by atoms with van der Waals surface area (Å²) in [5.41, 5.74) is 1.32. The Hall–Kier alpha value is -1.07. The quantitative estimate of drug-likeness (QED) is 0.932. The second kappa shape index (κ2) is 5.71. The number of ether oxygens (including phenoxy) is 1. The maximum atomic E-state index is 10.9. The van der Waals surface area contributed by atoms with E-state index >= 15 is 0 Å². The maximum absolute atomic E-state index is 10.9. The van der Waals surface area contributed by atoms with Gasteiger partial charge in [0.05, 0.1) is 5.56 Å². The summed E-state index contributed by atoms with van der Waals surface area (Å²) in [5.74, 6) is -0.915. The maximum Gasteiger partial charge on any atom is 0.336 e. The van der Waals surface area contributed by atoms with E-state index in [0.29, 0.717) is 16.1 Å². The summed E-state index contributed by atoms with van der Waals surface area (Å²) < 4.78 is 5.96. The molecule has 1 aliphatic heterocycles. The largest absolute Gasteiger partial charge is 0.478 e. The number of benzene rings is 1. The van der Waals surface area contributed by atoms with Crippen LogP contribution in [0.2, 0.25) is 0 Å². The standard InChI is InChI=1S/C13H16BrNO3/c1-15(9-4-6-18-7-5-9)10-2-3-11(13(16)17)12(14)8-10/h2-3,8-9H,4-7H2,1H3,(H,16,17). The molecule has 0 spiro atoms. The van der Waals surface area contributed by atoms with Crippen molar-refractivity contribution < 1.29 is 14.6 Å². The van der Waals surface area contributed by atoms with Gasteiger partial charge in [-0.1, -0.05) is 0 Å². The molecule has 1 aliphatic rings. The first kappa shape index (κ1) is 13.4. The van der Waals surface area contributed by atoms with Gasteiger partial charge in [-0.05, 0) is 47.0 Å². The molecule has 98 valence electrons. The fourth-order valence-electron chi connectivity index (χ4n) is 2.18. The van der Waals surface area contributed by atoms with Crippen molar-refractivity contribution in [1.82, 2.24) is 0 Å². The Labute approximate surface area is 115 Å². The van der Waals surface area contributed by atoms with Crippen molar-refractivity contribution in [3.05, 3.63) is 28.2 Å². The minimum atomic E-state index is -0.915. The van der Waals surface area contributed by atoms with Crippen LogP contribution in [0.25, 0.3) is 0 Å². The number of rotatable bonds is 3. The predicted molar refractivity (Wildman–Crippen MR) is 73.3 cm³/mol. The summed E-state index contributed by atoms with van der Waals surface area (Å²) in [6, 6.07) is 5.81. The van der Waals surface area contributed by atoms with Crippen molar-refractivity contribution in [1.29, 1.82) is 0 Å². The van der Waals surface area contributed by atoms with Gasteiger partial charge in [-0.25, -0.2) is 4.79 Å². The highest BCUT2D eigenvalue weighted by Crippen LogP contribution is 2.26. The van der Waals surface area contributed by atoms with Gasteiger partial charge in [-0.3, -0.25) is 0 Å². The van der Waals surface area contributed by atoms with Crippen LogP contribution < -0.4 is 4.90 Å². The second-order valence-electron chi connectivity index (χ2n) is 4.42. The van der Waals surface area contributed by atoms with Gasteiger partial charge in [0.15, 0.2) is 0 Å². The molecule has 0 unspecified atom stereocenters. The van der Waals surface area contributed by atoms with Gasteiger partial charge in [0.25, 0.3) is 0 Å². The van der Waals surface area contributed by atoms with Crippen molar-refractivity contribution in [2.45, 2.75) is 18.9 Å². The third-order valence-electron chi connectivity index (χ3n) is 3.33. The lowest BCUT2D eigenvalue weighted by atomic mass is 10.1. The van der Waals surface area contributed by atoms with Crippen LogP contribution in [0.5, 0.6) is 0 Å². The van der Waals surface area contributed by atoms with Crippen molar-refractivity contribution in [2.24, 2.45) is 0 Å². The molecule has 1 heterocycles. The molecule has 1 fully saturated rings. The van der Waals surface area contributed by atoms with Crippen LogP contribution in [0, 0.1) is 0 Å². The third kappa shape index (κ3) is 2.84. The molecule has 1 saturated heterocycles. The van der Waals surface area contributed by atoms with E-state index in [2.05, 4.69) is 20.8 Å². The van der Waals surface area contributed by atoms with E-state index in [1.165, 1.54) is 0 Å². The Kier molecular flexibility index (Phi) is 4.24. The number of hydrogen-bond donors (Lipinski definition) is 1. The van der Waals surface area contributed by atoms with Crippen molar-refractivity contribution in [3.8, 4) is 0 Å². The molecule has 5 heteroatoms. The number of nitrogens with zero attached hydrogens (tertiary/aromatic N) is 1. The zero-order valence-corrected chi connectivity index (χ0v) is 11.8. The van der Waals surface area contributed by atoms with E-state index in [1.807, 2.05) is 19.2 Å². The van der Waals surface area contributed by atoms with Crippen LogP contribution in [0.15, 0.2) is 22.7 Å². The van der Waals surface area contributed by atoms with Gasteiger partial charge < -0.3 is 14.7 Å². The minimum Gasteiger partial charge on any atom is -0.478 e. The average molecular weight is 314 g/mol. The molecule has 0 amide bonds. The normalized spacial score (nSPS) is 16.6. The molecule has 0 radical (unpaired) electrons. The zero-order chi connectivity index (χ0) is 13.1. The Morgan fingerprint density at radius 1 is 1.44 bits per heavy atom. The fourth-order valence-corrected chi connectivity index (χ4v) is 2.72.